The van der Waals surface area contributed by atoms with E-state index in [1.165, 1.54) is 25.9 Å². The Hall–Kier alpha value is -0.480. The Kier molecular flexibility index (Phi) is 3.62. The van der Waals surface area contributed by atoms with Crippen molar-refractivity contribution in [2.45, 2.75) is 39.2 Å². The van der Waals surface area contributed by atoms with Crippen LogP contribution in [0.4, 0.5) is 0 Å². The summed E-state index contributed by atoms with van der Waals surface area (Å²) in [5.74, 6) is 3.56. The molecule has 0 bridgehead atoms. The number of nitrogens with zero attached hydrogens (tertiary/aromatic N) is 1. The van der Waals surface area contributed by atoms with Gasteiger partial charge in [0.1, 0.15) is 0 Å². The smallest absolute Gasteiger partial charge is 0.0115 e. The summed E-state index contributed by atoms with van der Waals surface area (Å²) in [5.41, 5.74) is 0. The van der Waals surface area contributed by atoms with Crippen molar-refractivity contribution in [1.29, 1.82) is 0 Å². The lowest BCUT2D eigenvalue weighted by Crippen LogP contribution is -2.38. The number of hydrogen-bond acceptors (Lipinski definition) is 1. The molecule has 12 heavy (non-hydrogen) atoms. The quantitative estimate of drug-likeness (QED) is 0.567. The third-order valence-corrected chi connectivity index (χ3v) is 2.79. The maximum Gasteiger partial charge on any atom is 0.0115 e. The maximum absolute atomic E-state index is 5.29. The van der Waals surface area contributed by atoms with E-state index in [0.717, 1.165) is 12.3 Å². The maximum atomic E-state index is 5.29. The summed E-state index contributed by atoms with van der Waals surface area (Å²) in [4.78, 5) is 2.53. The normalized spacial score (nSPS) is 21.2. The number of rotatable bonds is 2. The van der Waals surface area contributed by atoms with Gasteiger partial charge in [0.15, 0.2) is 0 Å². The fourth-order valence-electron chi connectivity index (χ4n) is 1.84. The zero-order valence-corrected chi connectivity index (χ0v) is 8.21. The van der Waals surface area contributed by atoms with Crippen LogP contribution in [-0.2, 0) is 0 Å². The van der Waals surface area contributed by atoms with E-state index in [0.29, 0.717) is 6.04 Å². The van der Waals surface area contributed by atoms with Gasteiger partial charge in [0.25, 0.3) is 0 Å². The minimum absolute atomic E-state index is 0.705. The molecule has 0 N–H and O–H groups in total. The van der Waals surface area contributed by atoms with E-state index in [1.807, 2.05) is 0 Å². The Bertz CT molecular complexity index is 158. The monoisotopic (exact) mass is 165 g/mol. The Labute approximate surface area is 76.1 Å². The fraction of sp³-hybridized carbons (Fsp3) is 0.818. The van der Waals surface area contributed by atoms with E-state index in [-0.39, 0.29) is 0 Å². The molecule has 0 spiro atoms. The van der Waals surface area contributed by atoms with Crippen LogP contribution >= 0.6 is 0 Å². The van der Waals surface area contributed by atoms with Crippen LogP contribution in [0.1, 0.15) is 33.1 Å². The van der Waals surface area contributed by atoms with Crippen molar-refractivity contribution in [2.75, 3.05) is 13.1 Å². The van der Waals surface area contributed by atoms with Gasteiger partial charge in [-0.05, 0) is 45.7 Å². The Morgan fingerprint density at radius 1 is 1.42 bits per heavy atom. The summed E-state index contributed by atoms with van der Waals surface area (Å²) in [5, 5.41) is 0. The standard InChI is InChI=1S/C11H19N/c1-4-5-11-6-8-12(9-7-11)10(2)3/h1,10-11H,5-9H2,2-3H3. The van der Waals surface area contributed by atoms with Gasteiger partial charge >= 0.3 is 0 Å². The van der Waals surface area contributed by atoms with Crippen LogP contribution in [0.15, 0.2) is 0 Å². The van der Waals surface area contributed by atoms with Crippen molar-refractivity contribution >= 4 is 0 Å². The van der Waals surface area contributed by atoms with E-state index in [1.54, 1.807) is 0 Å². The van der Waals surface area contributed by atoms with Crippen LogP contribution in [-0.4, -0.2) is 24.0 Å². The molecule has 1 rings (SSSR count). The summed E-state index contributed by atoms with van der Waals surface area (Å²) < 4.78 is 0. The van der Waals surface area contributed by atoms with Gasteiger partial charge in [-0.3, -0.25) is 0 Å². The minimum atomic E-state index is 0.705. The molecule has 0 aromatic heterocycles. The predicted octanol–water partition coefficient (Wildman–Crippen LogP) is 2.13. The lowest BCUT2D eigenvalue weighted by atomic mass is 9.93. The first-order chi connectivity index (χ1) is 5.74. The number of terminal acetylenes is 1. The van der Waals surface area contributed by atoms with E-state index in [2.05, 4.69) is 24.7 Å². The summed E-state index contributed by atoms with van der Waals surface area (Å²) in [6, 6.07) is 0.705. The second-order valence-electron chi connectivity index (χ2n) is 3.98. The van der Waals surface area contributed by atoms with Crippen molar-refractivity contribution in [1.82, 2.24) is 4.90 Å². The summed E-state index contributed by atoms with van der Waals surface area (Å²) in [6.45, 7) is 7.01. The first kappa shape index (κ1) is 9.61. The summed E-state index contributed by atoms with van der Waals surface area (Å²) in [7, 11) is 0. The van der Waals surface area contributed by atoms with Crippen molar-refractivity contribution < 1.29 is 0 Å². The van der Waals surface area contributed by atoms with Crippen LogP contribution in [0.5, 0.6) is 0 Å². The molecule has 0 aromatic rings. The van der Waals surface area contributed by atoms with Crippen molar-refractivity contribution in [3.63, 3.8) is 0 Å². The molecular weight excluding hydrogens is 146 g/mol. The van der Waals surface area contributed by atoms with Crippen molar-refractivity contribution in [3.05, 3.63) is 0 Å². The third-order valence-electron chi connectivity index (χ3n) is 2.79. The van der Waals surface area contributed by atoms with E-state index in [4.69, 9.17) is 6.42 Å². The molecule has 1 aliphatic heterocycles. The highest BCUT2D eigenvalue weighted by atomic mass is 15.1. The van der Waals surface area contributed by atoms with Crippen LogP contribution in [0.25, 0.3) is 0 Å². The number of likely N-dealkylation sites (tertiary alicyclic amines) is 1. The molecule has 0 amide bonds. The Balaban J connectivity index is 2.26. The zero-order valence-electron chi connectivity index (χ0n) is 8.21. The molecule has 0 saturated carbocycles. The lowest BCUT2D eigenvalue weighted by Gasteiger charge is -2.33. The molecular formula is C11H19N. The Morgan fingerprint density at radius 3 is 2.42 bits per heavy atom. The average Bonchev–Trinajstić information content (AvgIpc) is 2.06. The Morgan fingerprint density at radius 2 is 2.00 bits per heavy atom. The van der Waals surface area contributed by atoms with Crippen LogP contribution in [0.2, 0.25) is 0 Å². The topological polar surface area (TPSA) is 3.24 Å². The van der Waals surface area contributed by atoms with Gasteiger partial charge in [-0.25, -0.2) is 0 Å². The van der Waals surface area contributed by atoms with Gasteiger partial charge in [-0.15, -0.1) is 12.3 Å². The molecule has 0 aromatic carbocycles. The summed E-state index contributed by atoms with van der Waals surface area (Å²) >= 11 is 0. The predicted molar refractivity (Wildman–Crippen MR) is 52.9 cm³/mol. The molecule has 1 fully saturated rings. The molecule has 1 heteroatoms. The SMILES string of the molecule is C#CCC1CCN(C(C)C)CC1. The molecule has 1 heterocycles. The number of piperidine rings is 1. The highest BCUT2D eigenvalue weighted by Crippen LogP contribution is 2.20. The first-order valence-electron chi connectivity index (χ1n) is 4.91. The lowest BCUT2D eigenvalue weighted by molar-refractivity contribution is 0.151. The van der Waals surface area contributed by atoms with Gasteiger partial charge in [-0.1, -0.05) is 0 Å². The van der Waals surface area contributed by atoms with E-state index < -0.39 is 0 Å². The van der Waals surface area contributed by atoms with Gasteiger partial charge in [0, 0.05) is 12.5 Å². The summed E-state index contributed by atoms with van der Waals surface area (Å²) in [6.07, 6.45) is 8.86. The second-order valence-corrected chi connectivity index (χ2v) is 3.98. The van der Waals surface area contributed by atoms with Crippen molar-refractivity contribution in [2.24, 2.45) is 5.92 Å². The molecule has 0 radical (unpaired) electrons. The van der Waals surface area contributed by atoms with Crippen LogP contribution in [0.3, 0.4) is 0 Å². The molecule has 0 atom stereocenters. The number of hydrogen-bond donors (Lipinski definition) is 0. The van der Waals surface area contributed by atoms with E-state index >= 15 is 0 Å². The largest absolute Gasteiger partial charge is 0.301 e. The van der Waals surface area contributed by atoms with E-state index in [9.17, 15) is 0 Å². The third kappa shape index (κ3) is 2.53. The zero-order chi connectivity index (χ0) is 8.97. The van der Waals surface area contributed by atoms with Gasteiger partial charge in [-0.2, -0.15) is 0 Å². The highest BCUT2D eigenvalue weighted by molar-refractivity contribution is 4.89. The minimum Gasteiger partial charge on any atom is -0.301 e. The van der Waals surface area contributed by atoms with Crippen molar-refractivity contribution in [3.8, 4) is 12.3 Å². The molecule has 0 unspecified atom stereocenters. The molecule has 0 aliphatic carbocycles. The molecule has 1 nitrogen and oxygen atoms in total. The molecule has 1 saturated heterocycles. The van der Waals surface area contributed by atoms with Gasteiger partial charge in [0.2, 0.25) is 0 Å². The van der Waals surface area contributed by atoms with Crippen LogP contribution in [0, 0.1) is 18.3 Å². The first-order valence-corrected chi connectivity index (χ1v) is 4.91. The molecule has 1 aliphatic rings. The highest BCUT2D eigenvalue weighted by Gasteiger charge is 2.19. The second kappa shape index (κ2) is 4.52. The van der Waals surface area contributed by atoms with Gasteiger partial charge < -0.3 is 4.90 Å². The average molecular weight is 165 g/mol. The fourth-order valence-corrected chi connectivity index (χ4v) is 1.84. The molecule has 68 valence electrons. The van der Waals surface area contributed by atoms with Gasteiger partial charge in [0.05, 0.1) is 0 Å². The van der Waals surface area contributed by atoms with Crippen LogP contribution < -0.4 is 0 Å².